The molecule has 0 atom stereocenters. The number of thiazole rings is 1. The summed E-state index contributed by atoms with van der Waals surface area (Å²) in [7, 11) is 1.67. The number of methoxy groups -OCH3 is 1. The minimum Gasteiger partial charge on any atom is -0.496 e. The summed E-state index contributed by atoms with van der Waals surface area (Å²) in [5.74, 6) is 1.57. The number of amides is 1. The molecule has 0 spiro atoms. The minimum absolute atomic E-state index is 0.0632. The third kappa shape index (κ3) is 4.61. The van der Waals surface area contributed by atoms with Gasteiger partial charge in [-0.3, -0.25) is 4.79 Å². The van der Waals surface area contributed by atoms with Gasteiger partial charge in [0, 0.05) is 28.6 Å². The SMILES string of the molecule is COc1ccccc1-c1nc(CSc2ccc(NC(C)=O)cc2)cs1. The highest BCUT2D eigenvalue weighted by Crippen LogP contribution is 2.33. The number of aromatic nitrogens is 1. The number of carbonyl (C=O) groups excluding carboxylic acids is 1. The van der Waals surface area contributed by atoms with E-state index in [-0.39, 0.29) is 5.91 Å². The van der Waals surface area contributed by atoms with E-state index in [1.54, 1.807) is 30.2 Å². The average Bonchev–Trinajstić information content (AvgIpc) is 3.09. The van der Waals surface area contributed by atoms with E-state index in [0.717, 1.165) is 38.4 Å². The molecular weight excluding hydrogens is 352 g/mol. The van der Waals surface area contributed by atoms with Crippen molar-refractivity contribution in [1.29, 1.82) is 0 Å². The Hall–Kier alpha value is -2.31. The zero-order valence-electron chi connectivity index (χ0n) is 14.0. The van der Waals surface area contributed by atoms with E-state index in [0.29, 0.717) is 0 Å². The Kier molecular flexibility index (Phi) is 5.73. The van der Waals surface area contributed by atoms with Gasteiger partial charge >= 0.3 is 0 Å². The number of rotatable bonds is 6. The van der Waals surface area contributed by atoms with Crippen molar-refractivity contribution in [3.63, 3.8) is 0 Å². The number of ether oxygens (including phenoxy) is 1. The smallest absolute Gasteiger partial charge is 0.221 e. The quantitative estimate of drug-likeness (QED) is 0.616. The van der Waals surface area contributed by atoms with Crippen molar-refractivity contribution < 1.29 is 9.53 Å². The fourth-order valence-corrected chi connectivity index (χ4v) is 4.06. The maximum Gasteiger partial charge on any atom is 0.221 e. The largest absolute Gasteiger partial charge is 0.496 e. The lowest BCUT2D eigenvalue weighted by Crippen LogP contribution is -2.05. The summed E-state index contributed by atoms with van der Waals surface area (Å²) in [6.07, 6.45) is 0. The molecule has 0 bridgehead atoms. The first-order valence-corrected chi connectivity index (χ1v) is 9.60. The lowest BCUT2D eigenvalue weighted by Gasteiger charge is -2.05. The number of hydrogen-bond acceptors (Lipinski definition) is 5. The number of hydrogen-bond donors (Lipinski definition) is 1. The van der Waals surface area contributed by atoms with Gasteiger partial charge in [-0.25, -0.2) is 4.98 Å². The number of nitrogens with zero attached hydrogens (tertiary/aromatic N) is 1. The molecule has 2 aromatic carbocycles. The Morgan fingerprint density at radius 2 is 1.96 bits per heavy atom. The Balaban J connectivity index is 1.65. The third-order valence-electron chi connectivity index (χ3n) is 3.45. The summed E-state index contributed by atoms with van der Waals surface area (Å²) in [6, 6.07) is 15.7. The Bertz CT molecular complexity index is 860. The monoisotopic (exact) mass is 370 g/mol. The average molecular weight is 370 g/mol. The van der Waals surface area contributed by atoms with Crippen LogP contribution in [-0.4, -0.2) is 18.0 Å². The second-order valence-electron chi connectivity index (χ2n) is 5.34. The zero-order valence-corrected chi connectivity index (χ0v) is 15.6. The summed E-state index contributed by atoms with van der Waals surface area (Å²) >= 11 is 3.34. The number of benzene rings is 2. The van der Waals surface area contributed by atoms with Gasteiger partial charge in [-0.15, -0.1) is 23.1 Å². The summed E-state index contributed by atoms with van der Waals surface area (Å²) in [6.45, 7) is 1.50. The first kappa shape index (κ1) is 17.5. The van der Waals surface area contributed by atoms with Crippen LogP contribution in [0, 0.1) is 0 Å². The molecule has 0 saturated heterocycles. The highest BCUT2D eigenvalue weighted by molar-refractivity contribution is 7.98. The van der Waals surface area contributed by atoms with Gasteiger partial charge in [-0.05, 0) is 36.4 Å². The molecule has 25 heavy (non-hydrogen) atoms. The second kappa shape index (κ2) is 8.18. The van der Waals surface area contributed by atoms with Gasteiger partial charge in [-0.1, -0.05) is 12.1 Å². The molecule has 4 nitrogen and oxygen atoms in total. The van der Waals surface area contributed by atoms with Crippen molar-refractivity contribution in [3.8, 4) is 16.3 Å². The molecule has 0 saturated carbocycles. The minimum atomic E-state index is -0.0632. The van der Waals surface area contributed by atoms with E-state index in [2.05, 4.69) is 10.7 Å². The van der Waals surface area contributed by atoms with E-state index >= 15 is 0 Å². The maximum atomic E-state index is 11.0. The van der Waals surface area contributed by atoms with Crippen LogP contribution in [-0.2, 0) is 10.5 Å². The number of carbonyl (C=O) groups is 1. The van der Waals surface area contributed by atoms with E-state index in [1.807, 2.05) is 48.5 Å². The van der Waals surface area contributed by atoms with Crippen molar-refractivity contribution in [2.75, 3.05) is 12.4 Å². The lowest BCUT2D eigenvalue weighted by atomic mass is 10.2. The molecule has 0 aliphatic carbocycles. The molecular formula is C19H18N2O2S2. The molecule has 3 aromatic rings. The number of para-hydroxylation sites is 1. The van der Waals surface area contributed by atoms with Crippen molar-refractivity contribution in [2.24, 2.45) is 0 Å². The van der Waals surface area contributed by atoms with Crippen LogP contribution in [0.2, 0.25) is 0 Å². The van der Waals surface area contributed by atoms with Crippen LogP contribution < -0.4 is 10.1 Å². The summed E-state index contributed by atoms with van der Waals surface area (Å²) in [4.78, 5) is 16.9. The highest BCUT2D eigenvalue weighted by atomic mass is 32.2. The maximum absolute atomic E-state index is 11.0. The summed E-state index contributed by atoms with van der Waals surface area (Å²) in [5, 5.41) is 5.82. The fraction of sp³-hybridized carbons (Fsp3) is 0.158. The molecule has 128 valence electrons. The third-order valence-corrected chi connectivity index (χ3v) is 5.42. The predicted molar refractivity (Wildman–Crippen MR) is 104 cm³/mol. The van der Waals surface area contributed by atoms with Gasteiger partial charge in [0.05, 0.1) is 18.4 Å². The van der Waals surface area contributed by atoms with Crippen molar-refractivity contribution >= 4 is 34.7 Å². The zero-order chi connectivity index (χ0) is 17.6. The first-order chi connectivity index (χ1) is 12.2. The second-order valence-corrected chi connectivity index (χ2v) is 7.25. The summed E-state index contributed by atoms with van der Waals surface area (Å²) in [5.41, 5.74) is 2.87. The van der Waals surface area contributed by atoms with Crippen LogP contribution in [0.3, 0.4) is 0 Å². The normalized spacial score (nSPS) is 10.5. The highest BCUT2D eigenvalue weighted by Gasteiger charge is 2.10. The molecule has 1 aromatic heterocycles. The van der Waals surface area contributed by atoms with Crippen LogP contribution in [0.25, 0.3) is 10.6 Å². The van der Waals surface area contributed by atoms with Gasteiger partial charge in [0.2, 0.25) is 5.91 Å². The molecule has 1 N–H and O–H groups in total. The van der Waals surface area contributed by atoms with Gasteiger partial charge in [-0.2, -0.15) is 0 Å². The van der Waals surface area contributed by atoms with Crippen LogP contribution in [0.1, 0.15) is 12.6 Å². The van der Waals surface area contributed by atoms with Gasteiger partial charge < -0.3 is 10.1 Å². The predicted octanol–water partition coefficient (Wildman–Crippen LogP) is 5.07. The molecule has 1 heterocycles. The number of anilines is 1. The summed E-state index contributed by atoms with van der Waals surface area (Å²) < 4.78 is 5.41. The standard InChI is InChI=1S/C19H18N2O2S2/c1-13(22)20-14-7-9-16(10-8-14)24-11-15-12-25-19(21-15)17-5-3-4-6-18(17)23-2/h3-10,12H,11H2,1-2H3,(H,20,22). The van der Waals surface area contributed by atoms with Gasteiger partial charge in [0.1, 0.15) is 10.8 Å². The molecule has 1 amide bonds. The van der Waals surface area contributed by atoms with Gasteiger partial charge in [0.15, 0.2) is 0 Å². The van der Waals surface area contributed by atoms with Crippen molar-refractivity contribution in [2.45, 2.75) is 17.6 Å². The van der Waals surface area contributed by atoms with Crippen molar-refractivity contribution in [1.82, 2.24) is 4.98 Å². The molecule has 3 rings (SSSR count). The van der Waals surface area contributed by atoms with Crippen LogP contribution >= 0.6 is 23.1 Å². The van der Waals surface area contributed by atoms with E-state index in [4.69, 9.17) is 9.72 Å². The van der Waals surface area contributed by atoms with Crippen LogP contribution in [0.5, 0.6) is 5.75 Å². The van der Waals surface area contributed by atoms with Crippen molar-refractivity contribution in [3.05, 3.63) is 59.6 Å². The molecule has 0 aliphatic rings. The van der Waals surface area contributed by atoms with E-state index in [1.165, 1.54) is 6.92 Å². The Morgan fingerprint density at radius 1 is 1.20 bits per heavy atom. The molecule has 0 fully saturated rings. The number of thioether (sulfide) groups is 1. The van der Waals surface area contributed by atoms with Crippen LogP contribution in [0.4, 0.5) is 5.69 Å². The Morgan fingerprint density at radius 3 is 2.68 bits per heavy atom. The molecule has 0 unspecified atom stereocenters. The van der Waals surface area contributed by atoms with E-state index in [9.17, 15) is 4.79 Å². The lowest BCUT2D eigenvalue weighted by molar-refractivity contribution is -0.114. The topological polar surface area (TPSA) is 51.2 Å². The first-order valence-electron chi connectivity index (χ1n) is 7.74. The van der Waals surface area contributed by atoms with Crippen LogP contribution in [0.15, 0.2) is 58.8 Å². The molecule has 0 aliphatic heterocycles. The number of nitrogens with one attached hydrogen (secondary N) is 1. The fourth-order valence-electron chi connectivity index (χ4n) is 2.31. The molecule has 0 radical (unpaired) electrons. The Labute approximate surface area is 155 Å². The van der Waals surface area contributed by atoms with Gasteiger partial charge in [0.25, 0.3) is 0 Å². The van der Waals surface area contributed by atoms with E-state index < -0.39 is 0 Å². The molecule has 6 heteroatoms.